The van der Waals surface area contributed by atoms with E-state index in [9.17, 15) is 9.59 Å². The van der Waals surface area contributed by atoms with Gasteiger partial charge in [-0.25, -0.2) is 0 Å². The molecule has 0 saturated heterocycles. The molecule has 0 fully saturated rings. The summed E-state index contributed by atoms with van der Waals surface area (Å²) in [6.45, 7) is 11.8. The third kappa shape index (κ3) is 6.74. The molecule has 2 amide bonds. The normalized spacial score (nSPS) is 12.6. The largest absolute Gasteiger partial charge is 0.497 e. The van der Waals surface area contributed by atoms with E-state index in [-0.39, 0.29) is 31.0 Å². The number of ether oxygens (including phenoxy) is 2. The molecule has 0 heterocycles. The van der Waals surface area contributed by atoms with Gasteiger partial charge in [-0.05, 0) is 81.5 Å². The summed E-state index contributed by atoms with van der Waals surface area (Å²) < 4.78 is 11.2. The lowest BCUT2D eigenvalue weighted by Gasteiger charge is -2.30. The van der Waals surface area contributed by atoms with Gasteiger partial charge in [0.05, 0.1) is 7.11 Å². The second kappa shape index (κ2) is 11.6. The highest BCUT2D eigenvalue weighted by Gasteiger charge is 2.27. The first-order chi connectivity index (χ1) is 15.2. The second-order valence-electron chi connectivity index (χ2n) is 8.36. The quantitative estimate of drug-likeness (QED) is 0.597. The van der Waals surface area contributed by atoms with Gasteiger partial charge in [-0.15, -0.1) is 0 Å². The van der Waals surface area contributed by atoms with Crippen molar-refractivity contribution in [3.8, 4) is 11.5 Å². The van der Waals surface area contributed by atoms with E-state index in [1.165, 1.54) is 0 Å². The van der Waals surface area contributed by atoms with E-state index in [4.69, 9.17) is 9.47 Å². The van der Waals surface area contributed by atoms with Crippen molar-refractivity contribution in [2.75, 3.05) is 13.7 Å². The number of hydrogen-bond acceptors (Lipinski definition) is 4. The Bertz CT molecular complexity index is 941. The first-order valence-corrected chi connectivity index (χ1v) is 11.1. The fraction of sp³-hybridized carbons (Fsp3) is 0.462. The number of amides is 2. The van der Waals surface area contributed by atoms with Crippen LogP contribution in [0.25, 0.3) is 0 Å². The van der Waals surface area contributed by atoms with Crippen molar-refractivity contribution in [2.24, 2.45) is 0 Å². The van der Waals surface area contributed by atoms with Crippen molar-refractivity contribution in [1.82, 2.24) is 10.2 Å². The van der Waals surface area contributed by atoms with Crippen LogP contribution in [0.5, 0.6) is 11.5 Å². The average Bonchev–Trinajstić information content (AvgIpc) is 2.78. The summed E-state index contributed by atoms with van der Waals surface area (Å²) in [6.07, 6.45) is 0.817. The molecule has 32 heavy (non-hydrogen) atoms. The predicted octanol–water partition coefficient (Wildman–Crippen LogP) is 4.33. The summed E-state index contributed by atoms with van der Waals surface area (Å²) >= 11 is 0. The van der Waals surface area contributed by atoms with Gasteiger partial charge < -0.3 is 19.7 Å². The van der Waals surface area contributed by atoms with Gasteiger partial charge in [0.15, 0.2) is 6.61 Å². The van der Waals surface area contributed by atoms with Crippen LogP contribution in [0.1, 0.15) is 49.4 Å². The highest BCUT2D eigenvalue weighted by atomic mass is 16.5. The fourth-order valence-electron chi connectivity index (χ4n) is 3.39. The molecule has 0 aliphatic rings. The van der Waals surface area contributed by atoms with Crippen LogP contribution < -0.4 is 14.8 Å². The van der Waals surface area contributed by atoms with E-state index in [0.717, 1.165) is 28.7 Å². The van der Waals surface area contributed by atoms with E-state index in [0.29, 0.717) is 11.5 Å². The van der Waals surface area contributed by atoms with Crippen molar-refractivity contribution >= 4 is 11.8 Å². The number of hydrogen-bond donors (Lipinski definition) is 1. The van der Waals surface area contributed by atoms with Gasteiger partial charge in [0, 0.05) is 12.6 Å². The molecule has 0 aromatic heterocycles. The molecule has 1 N–H and O–H groups in total. The number of benzene rings is 2. The molecule has 0 bridgehead atoms. The smallest absolute Gasteiger partial charge is 0.261 e. The van der Waals surface area contributed by atoms with Crippen LogP contribution in [0.3, 0.4) is 0 Å². The molecule has 0 aliphatic carbocycles. The zero-order valence-electron chi connectivity index (χ0n) is 20.3. The van der Waals surface area contributed by atoms with Gasteiger partial charge in [-0.3, -0.25) is 9.59 Å². The van der Waals surface area contributed by atoms with E-state index in [1.807, 2.05) is 65.0 Å². The van der Waals surface area contributed by atoms with Crippen LogP contribution in [0.4, 0.5) is 0 Å². The van der Waals surface area contributed by atoms with E-state index in [2.05, 4.69) is 11.4 Å². The number of aryl methyl sites for hydroxylation is 2. The van der Waals surface area contributed by atoms with Gasteiger partial charge in [0.25, 0.3) is 5.91 Å². The minimum Gasteiger partial charge on any atom is -0.497 e. The molecule has 2 rings (SSSR count). The Labute approximate surface area is 191 Å². The Morgan fingerprint density at radius 1 is 1.09 bits per heavy atom. The molecule has 6 nitrogen and oxygen atoms in total. The lowest BCUT2D eigenvalue weighted by Crippen LogP contribution is -2.50. The first-order valence-electron chi connectivity index (χ1n) is 11.1. The van der Waals surface area contributed by atoms with Crippen molar-refractivity contribution in [3.63, 3.8) is 0 Å². The fourth-order valence-corrected chi connectivity index (χ4v) is 3.39. The Balaban J connectivity index is 2.23. The summed E-state index contributed by atoms with van der Waals surface area (Å²) in [7, 11) is 1.60. The van der Waals surface area contributed by atoms with Gasteiger partial charge >= 0.3 is 0 Å². The van der Waals surface area contributed by atoms with Crippen LogP contribution in [0.15, 0.2) is 36.4 Å². The highest BCUT2D eigenvalue weighted by Crippen LogP contribution is 2.23. The maximum Gasteiger partial charge on any atom is 0.261 e. The number of methoxy groups -OCH3 is 1. The van der Waals surface area contributed by atoms with Gasteiger partial charge in [0.2, 0.25) is 5.91 Å². The summed E-state index contributed by atoms with van der Waals surface area (Å²) in [5.74, 6) is 0.957. The molecule has 2 atom stereocenters. The molecule has 2 aromatic carbocycles. The van der Waals surface area contributed by atoms with Gasteiger partial charge in [0.1, 0.15) is 17.5 Å². The number of nitrogens with zero attached hydrogens (tertiary/aromatic N) is 1. The van der Waals surface area contributed by atoms with E-state index >= 15 is 0 Å². The summed E-state index contributed by atoms with van der Waals surface area (Å²) in [6, 6.07) is 10.9. The van der Waals surface area contributed by atoms with Gasteiger partial charge in [-0.2, -0.15) is 0 Å². The Hall–Kier alpha value is -3.02. The molecule has 2 aromatic rings. The zero-order valence-corrected chi connectivity index (χ0v) is 20.3. The molecule has 0 aliphatic heterocycles. The topological polar surface area (TPSA) is 67.9 Å². The molecule has 0 spiro atoms. The summed E-state index contributed by atoms with van der Waals surface area (Å²) in [5.41, 5.74) is 4.07. The Morgan fingerprint density at radius 3 is 2.47 bits per heavy atom. The SMILES string of the molecule is CC[C@@H](C)NC(=O)[C@H](C)N(Cc1cccc(OC)c1)C(=O)COc1cc(C)cc(C)c1C. The number of carbonyl (C=O) groups excluding carboxylic acids is 2. The summed E-state index contributed by atoms with van der Waals surface area (Å²) in [5, 5.41) is 2.97. The van der Waals surface area contributed by atoms with Crippen LogP contribution in [0.2, 0.25) is 0 Å². The molecule has 0 unspecified atom stereocenters. The monoisotopic (exact) mass is 440 g/mol. The standard InChI is InChI=1S/C26H36N2O4/c1-8-19(4)27-26(30)21(6)28(15-22-10-9-11-23(14-22)31-7)25(29)16-32-24-13-17(2)12-18(3)20(24)5/h9-14,19,21H,8,15-16H2,1-7H3,(H,27,30)/t19-,21+/m1/s1. The van der Waals surface area contributed by atoms with Crippen LogP contribution in [-0.2, 0) is 16.1 Å². The minimum atomic E-state index is -0.647. The second-order valence-corrected chi connectivity index (χ2v) is 8.36. The van der Waals surface area contributed by atoms with Crippen LogP contribution in [-0.4, -0.2) is 42.5 Å². The highest BCUT2D eigenvalue weighted by molar-refractivity contribution is 5.88. The van der Waals surface area contributed by atoms with Gasteiger partial charge in [-0.1, -0.05) is 25.1 Å². The average molecular weight is 441 g/mol. The van der Waals surface area contributed by atoms with Crippen molar-refractivity contribution in [3.05, 3.63) is 58.7 Å². The van der Waals surface area contributed by atoms with Crippen LogP contribution >= 0.6 is 0 Å². The van der Waals surface area contributed by atoms with Crippen molar-refractivity contribution in [2.45, 2.75) is 66.6 Å². The first kappa shape index (κ1) is 25.2. The lowest BCUT2D eigenvalue weighted by atomic mass is 10.1. The Morgan fingerprint density at radius 2 is 1.81 bits per heavy atom. The number of carbonyl (C=O) groups is 2. The lowest BCUT2D eigenvalue weighted by molar-refractivity contribution is -0.142. The minimum absolute atomic E-state index is 0.0351. The van der Waals surface area contributed by atoms with E-state index in [1.54, 1.807) is 18.9 Å². The van der Waals surface area contributed by atoms with Crippen molar-refractivity contribution < 1.29 is 19.1 Å². The molecule has 0 saturated carbocycles. The third-order valence-corrected chi connectivity index (χ3v) is 5.77. The zero-order chi connectivity index (χ0) is 23.8. The molecular formula is C26H36N2O4. The summed E-state index contributed by atoms with van der Waals surface area (Å²) in [4.78, 5) is 27.6. The third-order valence-electron chi connectivity index (χ3n) is 5.77. The number of rotatable bonds is 10. The van der Waals surface area contributed by atoms with Crippen molar-refractivity contribution in [1.29, 1.82) is 0 Å². The molecule has 6 heteroatoms. The molecule has 174 valence electrons. The Kier molecular flexibility index (Phi) is 9.12. The number of nitrogens with one attached hydrogen (secondary N) is 1. The van der Waals surface area contributed by atoms with Crippen LogP contribution in [0, 0.1) is 20.8 Å². The predicted molar refractivity (Wildman–Crippen MR) is 127 cm³/mol. The maximum atomic E-state index is 13.2. The van der Waals surface area contributed by atoms with E-state index < -0.39 is 6.04 Å². The molecule has 0 radical (unpaired) electrons. The molecular weight excluding hydrogens is 404 g/mol. The maximum absolute atomic E-state index is 13.2.